The van der Waals surface area contributed by atoms with Crippen LogP contribution in [0.3, 0.4) is 0 Å². The van der Waals surface area contributed by atoms with Crippen molar-refractivity contribution in [1.29, 1.82) is 0 Å². The summed E-state index contributed by atoms with van der Waals surface area (Å²) >= 11 is 0. The van der Waals surface area contributed by atoms with Crippen LogP contribution in [-0.2, 0) is 4.79 Å². The minimum absolute atomic E-state index is 0.0352. The van der Waals surface area contributed by atoms with Gasteiger partial charge in [-0.25, -0.2) is 9.78 Å². The monoisotopic (exact) mass is 488 g/mol. The number of urea groups is 1. The first-order valence-electron chi connectivity index (χ1n) is 12.3. The molecule has 1 aliphatic rings. The number of carbonyl (C=O) groups is 3. The Balaban J connectivity index is 1.69. The molecule has 1 saturated carbocycles. The predicted molar refractivity (Wildman–Crippen MR) is 141 cm³/mol. The van der Waals surface area contributed by atoms with Crippen molar-refractivity contribution in [2.75, 3.05) is 17.2 Å². The van der Waals surface area contributed by atoms with Crippen LogP contribution in [0.25, 0.3) is 10.9 Å². The normalized spacial score (nSPS) is 13.9. The zero-order valence-corrected chi connectivity index (χ0v) is 20.9. The number of hydrogen-bond donors (Lipinski definition) is 3. The van der Waals surface area contributed by atoms with Crippen molar-refractivity contribution in [2.24, 2.45) is 0 Å². The van der Waals surface area contributed by atoms with Gasteiger partial charge in [0.05, 0.1) is 11.2 Å². The topological polar surface area (TPSA) is 112 Å². The fourth-order valence-electron chi connectivity index (χ4n) is 5.06. The van der Waals surface area contributed by atoms with E-state index in [4.69, 9.17) is 0 Å². The Labute approximate surface area is 210 Å². The molecule has 0 spiro atoms. The van der Waals surface area contributed by atoms with Gasteiger partial charge >= 0.3 is 12.0 Å². The number of nitrogens with zero attached hydrogens (tertiary/aromatic N) is 2. The van der Waals surface area contributed by atoms with Gasteiger partial charge in [-0.15, -0.1) is 0 Å². The molecule has 4 rings (SSSR count). The number of carbonyl (C=O) groups excluding carboxylic acids is 2. The number of anilines is 2. The molecular formula is C28H32N4O4. The first-order valence-corrected chi connectivity index (χ1v) is 12.3. The Morgan fingerprint density at radius 3 is 2.31 bits per heavy atom. The lowest BCUT2D eigenvalue weighted by atomic mass is 9.94. The molecular weight excluding hydrogens is 456 g/mol. The highest BCUT2D eigenvalue weighted by atomic mass is 16.4. The lowest BCUT2D eigenvalue weighted by Gasteiger charge is -2.33. The van der Waals surface area contributed by atoms with Crippen LogP contribution in [0.1, 0.15) is 59.3 Å². The van der Waals surface area contributed by atoms with Gasteiger partial charge in [0, 0.05) is 17.1 Å². The second-order valence-corrected chi connectivity index (χ2v) is 9.55. The molecule has 188 valence electrons. The summed E-state index contributed by atoms with van der Waals surface area (Å²) in [6.45, 7) is 5.44. The molecule has 0 radical (unpaired) electrons. The molecule has 3 N–H and O–H groups in total. The van der Waals surface area contributed by atoms with E-state index in [2.05, 4.69) is 15.6 Å². The molecule has 3 aromatic rings. The second-order valence-electron chi connectivity index (χ2n) is 9.55. The van der Waals surface area contributed by atoms with E-state index in [9.17, 15) is 19.5 Å². The molecule has 0 saturated heterocycles. The molecule has 0 bridgehead atoms. The maximum Gasteiger partial charge on any atom is 0.323 e. The number of pyridine rings is 1. The van der Waals surface area contributed by atoms with Crippen LogP contribution in [0.15, 0.2) is 42.5 Å². The second kappa shape index (κ2) is 10.8. The summed E-state index contributed by atoms with van der Waals surface area (Å²) in [6.07, 6.45) is 4.47. The number of aliphatic carboxylic acids is 1. The quantitative estimate of drug-likeness (QED) is 0.414. The summed E-state index contributed by atoms with van der Waals surface area (Å²) < 4.78 is 0. The highest BCUT2D eigenvalue weighted by Gasteiger charge is 2.31. The van der Waals surface area contributed by atoms with E-state index in [0.29, 0.717) is 11.2 Å². The Kier molecular flexibility index (Phi) is 7.52. The van der Waals surface area contributed by atoms with Gasteiger partial charge in [0.1, 0.15) is 6.54 Å². The molecule has 8 nitrogen and oxygen atoms in total. The molecule has 1 fully saturated rings. The molecule has 0 atom stereocenters. The van der Waals surface area contributed by atoms with Gasteiger partial charge in [0.15, 0.2) is 5.69 Å². The predicted octanol–water partition coefficient (Wildman–Crippen LogP) is 5.66. The Morgan fingerprint density at radius 2 is 1.64 bits per heavy atom. The van der Waals surface area contributed by atoms with E-state index in [0.717, 1.165) is 54.2 Å². The van der Waals surface area contributed by atoms with E-state index in [1.54, 1.807) is 12.1 Å². The largest absolute Gasteiger partial charge is 0.480 e. The summed E-state index contributed by atoms with van der Waals surface area (Å²) in [4.78, 5) is 44.5. The zero-order chi connectivity index (χ0) is 25.8. The SMILES string of the molecule is Cc1cc(C)c(NC(=O)Nc2cc3ccccc3nc2C(=O)N(CC(=O)O)C2CCCCC2)c(C)c1. The maximum atomic E-state index is 13.8. The fourth-order valence-corrected chi connectivity index (χ4v) is 5.06. The van der Waals surface area contributed by atoms with Crippen LogP contribution in [0.2, 0.25) is 0 Å². The van der Waals surface area contributed by atoms with Gasteiger partial charge in [-0.2, -0.15) is 0 Å². The van der Waals surface area contributed by atoms with E-state index in [-0.39, 0.29) is 17.4 Å². The van der Waals surface area contributed by atoms with Gasteiger partial charge in [-0.3, -0.25) is 9.59 Å². The molecule has 36 heavy (non-hydrogen) atoms. The van der Waals surface area contributed by atoms with Crippen molar-refractivity contribution >= 4 is 40.2 Å². The third-order valence-corrected chi connectivity index (χ3v) is 6.67. The van der Waals surface area contributed by atoms with Gasteiger partial charge in [-0.05, 0) is 56.9 Å². The molecule has 1 heterocycles. The molecule has 1 aliphatic carbocycles. The zero-order valence-electron chi connectivity index (χ0n) is 20.9. The van der Waals surface area contributed by atoms with Crippen LogP contribution in [0, 0.1) is 20.8 Å². The number of carboxylic acids is 1. The van der Waals surface area contributed by atoms with Crippen molar-refractivity contribution in [3.8, 4) is 0 Å². The van der Waals surface area contributed by atoms with Crippen LogP contribution in [-0.4, -0.2) is 45.5 Å². The van der Waals surface area contributed by atoms with Crippen molar-refractivity contribution in [1.82, 2.24) is 9.88 Å². The third kappa shape index (κ3) is 5.64. The summed E-state index contributed by atoms with van der Waals surface area (Å²) in [5.74, 6) is -1.57. The van der Waals surface area contributed by atoms with Crippen LogP contribution in [0.4, 0.5) is 16.2 Å². The smallest absolute Gasteiger partial charge is 0.323 e. The first-order chi connectivity index (χ1) is 17.2. The number of hydrogen-bond acceptors (Lipinski definition) is 4. The van der Waals surface area contributed by atoms with Crippen LogP contribution < -0.4 is 10.6 Å². The average molecular weight is 489 g/mol. The lowest BCUT2D eigenvalue weighted by molar-refractivity contribution is -0.138. The van der Waals surface area contributed by atoms with E-state index < -0.39 is 24.5 Å². The van der Waals surface area contributed by atoms with E-state index >= 15 is 0 Å². The minimum atomic E-state index is -1.08. The first kappa shape index (κ1) is 25.2. The number of para-hydroxylation sites is 1. The number of aryl methyl sites for hydroxylation is 3. The summed E-state index contributed by atoms with van der Waals surface area (Å²) in [5, 5.41) is 16.0. The summed E-state index contributed by atoms with van der Waals surface area (Å²) in [7, 11) is 0. The summed E-state index contributed by atoms with van der Waals surface area (Å²) in [5.41, 5.74) is 4.54. The molecule has 0 aliphatic heterocycles. The molecule has 1 aromatic heterocycles. The van der Waals surface area contributed by atoms with E-state index in [1.165, 1.54) is 4.90 Å². The molecule has 0 unspecified atom stereocenters. The summed E-state index contributed by atoms with van der Waals surface area (Å²) in [6, 6.07) is 12.3. The molecule has 8 heteroatoms. The number of nitrogens with one attached hydrogen (secondary N) is 2. The van der Waals surface area contributed by atoms with Crippen molar-refractivity contribution < 1.29 is 19.5 Å². The highest BCUT2D eigenvalue weighted by molar-refractivity contribution is 6.08. The van der Waals surface area contributed by atoms with Gasteiger partial charge < -0.3 is 20.6 Å². The standard InChI is InChI=1S/C28H32N4O4/c1-17-13-18(2)25(19(3)14-17)31-28(36)30-23-15-20-9-7-8-12-22(20)29-26(23)27(35)32(16-24(33)34)21-10-5-4-6-11-21/h7-9,12-15,21H,4-6,10-11,16H2,1-3H3,(H,33,34)(H2,30,31,36). The lowest BCUT2D eigenvalue weighted by Crippen LogP contribution is -2.45. The molecule has 3 amide bonds. The Bertz CT molecular complexity index is 1290. The Morgan fingerprint density at radius 1 is 0.972 bits per heavy atom. The van der Waals surface area contributed by atoms with Crippen molar-refractivity contribution in [2.45, 2.75) is 58.9 Å². The van der Waals surface area contributed by atoms with Gasteiger partial charge in [-0.1, -0.05) is 55.2 Å². The molecule has 2 aromatic carbocycles. The fraction of sp³-hybridized carbons (Fsp3) is 0.357. The van der Waals surface area contributed by atoms with Crippen molar-refractivity contribution in [3.05, 3.63) is 64.8 Å². The average Bonchev–Trinajstić information content (AvgIpc) is 2.84. The number of aromatic nitrogens is 1. The van der Waals surface area contributed by atoms with Gasteiger partial charge in [0.25, 0.3) is 5.91 Å². The van der Waals surface area contributed by atoms with E-state index in [1.807, 2.05) is 51.1 Å². The number of fused-ring (bicyclic) bond motifs is 1. The third-order valence-electron chi connectivity index (χ3n) is 6.67. The van der Waals surface area contributed by atoms with Crippen LogP contribution in [0.5, 0.6) is 0 Å². The van der Waals surface area contributed by atoms with Crippen LogP contribution >= 0.6 is 0 Å². The number of rotatable bonds is 6. The van der Waals surface area contributed by atoms with Gasteiger partial charge in [0.2, 0.25) is 0 Å². The maximum absolute atomic E-state index is 13.8. The minimum Gasteiger partial charge on any atom is -0.480 e. The number of benzene rings is 2. The highest BCUT2D eigenvalue weighted by Crippen LogP contribution is 2.28. The van der Waals surface area contributed by atoms with Crippen molar-refractivity contribution in [3.63, 3.8) is 0 Å². The number of amides is 3. The number of carboxylic acid groups (broad SMARTS) is 1. The Hall–Kier alpha value is -3.94.